The molecule has 13 heteroatoms. The van der Waals surface area contributed by atoms with Gasteiger partial charge < -0.3 is 24.6 Å². The number of methoxy groups -OCH3 is 1. The summed E-state index contributed by atoms with van der Waals surface area (Å²) in [5.41, 5.74) is 2.21. The Hall–Kier alpha value is -3.89. The van der Waals surface area contributed by atoms with E-state index >= 15 is 0 Å². The molecule has 1 saturated heterocycles. The van der Waals surface area contributed by atoms with Crippen LogP contribution in [0.5, 0.6) is 5.75 Å². The number of hydrogen-bond donors (Lipinski definition) is 2. The zero-order valence-electron chi connectivity index (χ0n) is 23.6. The summed E-state index contributed by atoms with van der Waals surface area (Å²) >= 11 is 1.35. The number of thiazole rings is 1. The van der Waals surface area contributed by atoms with Crippen molar-refractivity contribution in [1.82, 2.24) is 19.8 Å². The lowest BCUT2D eigenvalue weighted by atomic mass is 9.78. The number of halogens is 3. The van der Waals surface area contributed by atoms with E-state index in [1.807, 2.05) is 0 Å². The number of nitrogens with zero attached hydrogens (tertiary/aromatic N) is 4. The third kappa shape index (κ3) is 4.67. The summed E-state index contributed by atoms with van der Waals surface area (Å²) in [6.45, 7) is 1.72. The van der Waals surface area contributed by atoms with Crippen LogP contribution in [0.2, 0.25) is 0 Å². The van der Waals surface area contributed by atoms with Crippen LogP contribution >= 0.6 is 11.3 Å². The Kier molecular flexibility index (Phi) is 7.05. The SMILES string of the molecule is COc1cc2c(cc1C(=O)NC1(C#N)CCC1)-c1c(-c3cncs3)cc(C(=O)N3CCC[C@]3(C)[C@H](O)C(F)(F)F)n1CC2. The molecule has 2 amide bonds. The second kappa shape index (κ2) is 10.4. The number of aliphatic hydroxyl groups excluding tert-OH is 1. The van der Waals surface area contributed by atoms with Gasteiger partial charge in [-0.25, -0.2) is 0 Å². The van der Waals surface area contributed by atoms with E-state index in [4.69, 9.17) is 4.74 Å². The highest BCUT2D eigenvalue weighted by atomic mass is 32.1. The average Bonchev–Trinajstić information content (AvgIpc) is 3.72. The number of aliphatic hydroxyl groups is 1. The standard InChI is InChI=1S/C30H30F3N5O4S/c1-28(27(41)30(31,32)33)6-4-9-38(28)26(40)21-13-20(23-14-35-16-43-23)24-18-12-19(25(39)36-29(15-34)7-3-8-29)22(42-2)11-17(18)5-10-37(21)24/h11-14,16,27,41H,3-10H2,1-2H3,(H,36,39)/t27-,28+/m0/s1. The van der Waals surface area contributed by atoms with Gasteiger partial charge in [-0.1, -0.05) is 0 Å². The molecule has 0 spiro atoms. The van der Waals surface area contributed by atoms with Gasteiger partial charge in [0.15, 0.2) is 6.10 Å². The molecule has 2 aliphatic heterocycles. The molecule has 3 aliphatic rings. The molecule has 1 aromatic carbocycles. The monoisotopic (exact) mass is 613 g/mol. The molecule has 0 radical (unpaired) electrons. The van der Waals surface area contributed by atoms with Crippen molar-refractivity contribution >= 4 is 23.2 Å². The first-order chi connectivity index (χ1) is 20.4. The number of alkyl halides is 3. The maximum absolute atomic E-state index is 14.1. The van der Waals surface area contributed by atoms with Crippen LogP contribution in [-0.2, 0) is 13.0 Å². The van der Waals surface area contributed by atoms with Gasteiger partial charge in [-0.3, -0.25) is 14.6 Å². The summed E-state index contributed by atoms with van der Waals surface area (Å²) < 4.78 is 48.4. The maximum Gasteiger partial charge on any atom is 0.416 e. The van der Waals surface area contributed by atoms with Crippen LogP contribution in [0.4, 0.5) is 13.2 Å². The van der Waals surface area contributed by atoms with Crippen LogP contribution in [0.3, 0.4) is 0 Å². The fourth-order valence-corrected chi connectivity index (χ4v) is 7.23. The van der Waals surface area contributed by atoms with Gasteiger partial charge in [0.1, 0.15) is 17.0 Å². The number of amides is 2. The van der Waals surface area contributed by atoms with E-state index in [1.165, 1.54) is 25.4 Å². The predicted molar refractivity (Wildman–Crippen MR) is 152 cm³/mol. The zero-order chi connectivity index (χ0) is 30.7. The zero-order valence-corrected chi connectivity index (χ0v) is 24.4. The summed E-state index contributed by atoms with van der Waals surface area (Å²) in [5.74, 6) is -0.696. The third-order valence-electron chi connectivity index (χ3n) is 9.14. The number of nitrogens with one attached hydrogen (secondary N) is 1. The molecule has 1 aliphatic carbocycles. The number of hydrogen-bond acceptors (Lipinski definition) is 7. The maximum atomic E-state index is 14.1. The second-order valence-corrected chi connectivity index (χ2v) is 12.5. The highest BCUT2D eigenvalue weighted by molar-refractivity contribution is 7.13. The number of likely N-dealkylation sites (tertiary alicyclic amines) is 1. The van der Waals surface area contributed by atoms with Gasteiger partial charge in [-0.15, -0.1) is 11.3 Å². The normalized spacial score (nSPS) is 21.3. The van der Waals surface area contributed by atoms with Crippen molar-refractivity contribution in [3.05, 3.63) is 46.7 Å². The van der Waals surface area contributed by atoms with Crippen LogP contribution in [0, 0.1) is 11.3 Å². The lowest BCUT2D eigenvalue weighted by Crippen LogP contribution is -2.58. The lowest BCUT2D eigenvalue weighted by Gasteiger charge is -2.40. The van der Waals surface area contributed by atoms with E-state index in [-0.39, 0.29) is 24.2 Å². The number of fused-ring (bicyclic) bond motifs is 3. The summed E-state index contributed by atoms with van der Waals surface area (Å²) in [6.07, 6.45) is -3.14. The average molecular weight is 614 g/mol. The molecule has 6 rings (SSSR count). The van der Waals surface area contributed by atoms with Crippen molar-refractivity contribution in [2.75, 3.05) is 13.7 Å². The molecule has 226 valence electrons. The summed E-state index contributed by atoms with van der Waals surface area (Å²) in [4.78, 5) is 33.6. The summed E-state index contributed by atoms with van der Waals surface area (Å²) in [7, 11) is 1.47. The largest absolute Gasteiger partial charge is 0.496 e. The van der Waals surface area contributed by atoms with Crippen molar-refractivity contribution in [2.24, 2.45) is 0 Å². The minimum Gasteiger partial charge on any atom is -0.496 e. The van der Waals surface area contributed by atoms with E-state index in [2.05, 4.69) is 16.4 Å². The molecule has 43 heavy (non-hydrogen) atoms. The fourth-order valence-electron chi connectivity index (χ4n) is 6.59. The number of benzene rings is 1. The number of aryl methyl sites for hydroxylation is 1. The van der Waals surface area contributed by atoms with Crippen molar-refractivity contribution in [3.63, 3.8) is 0 Å². The number of carbonyl (C=O) groups is 2. The molecule has 2 atom stereocenters. The molecule has 2 fully saturated rings. The summed E-state index contributed by atoms with van der Waals surface area (Å²) in [5, 5.41) is 22.8. The second-order valence-electron chi connectivity index (χ2n) is 11.6. The Morgan fingerprint density at radius 3 is 2.56 bits per heavy atom. The molecular weight excluding hydrogens is 583 g/mol. The molecule has 2 N–H and O–H groups in total. The third-order valence-corrected chi connectivity index (χ3v) is 9.95. The predicted octanol–water partition coefficient (Wildman–Crippen LogP) is 4.94. The van der Waals surface area contributed by atoms with Gasteiger partial charge in [-0.05, 0) is 69.2 Å². The number of nitriles is 1. The first-order valence-electron chi connectivity index (χ1n) is 14.1. The van der Waals surface area contributed by atoms with Crippen LogP contribution in [0.1, 0.15) is 65.4 Å². The highest BCUT2D eigenvalue weighted by Crippen LogP contribution is 2.45. The molecule has 4 heterocycles. The van der Waals surface area contributed by atoms with E-state index in [0.717, 1.165) is 21.8 Å². The van der Waals surface area contributed by atoms with Crippen molar-refractivity contribution in [2.45, 2.75) is 75.4 Å². The van der Waals surface area contributed by atoms with Crippen molar-refractivity contribution in [3.8, 4) is 33.5 Å². The number of aromatic nitrogens is 2. The molecule has 0 unspecified atom stereocenters. The smallest absolute Gasteiger partial charge is 0.416 e. The van der Waals surface area contributed by atoms with E-state index in [1.54, 1.807) is 34.5 Å². The number of ether oxygens (including phenoxy) is 1. The molecule has 1 saturated carbocycles. The molecule has 0 bridgehead atoms. The van der Waals surface area contributed by atoms with Crippen LogP contribution in [-0.4, -0.2) is 68.4 Å². The van der Waals surface area contributed by atoms with Crippen LogP contribution in [0.25, 0.3) is 21.7 Å². The molecule has 9 nitrogen and oxygen atoms in total. The minimum atomic E-state index is -4.89. The first kappa shape index (κ1) is 29.2. The van der Waals surface area contributed by atoms with Gasteiger partial charge in [0.05, 0.1) is 40.4 Å². The Bertz CT molecular complexity index is 1640. The van der Waals surface area contributed by atoms with Gasteiger partial charge in [0, 0.05) is 30.4 Å². The Balaban J connectivity index is 1.47. The van der Waals surface area contributed by atoms with Gasteiger partial charge >= 0.3 is 6.18 Å². The molecule has 2 aromatic heterocycles. The first-order valence-corrected chi connectivity index (χ1v) is 14.9. The fraction of sp³-hybridized carbons (Fsp3) is 0.467. The Morgan fingerprint density at radius 1 is 1.19 bits per heavy atom. The van der Waals surface area contributed by atoms with Gasteiger partial charge in [-0.2, -0.15) is 18.4 Å². The molecular formula is C30H30F3N5O4S. The molecule has 3 aromatic rings. The lowest BCUT2D eigenvalue weighted by molar-refractivity contribution is -0.232. The van der Waals surface area contributed by atoms with E-state index in [9.17, 15) is 33.1 Å². The van der Waals surface area contributed by atoms with Crippen molar-refractivity contribution < 1.29 is 32.6 Å². The van der Waals surface area contributed by atoms with Crippen LogP contribution < -0.4 is 10.1 Å². The highest BCUT2D eigenvalue weighted by Gasteiger charge is 2.56. The van der Waals surface area contributed by atoms with Gasteiger partial charge in [0.2, 0.25) is 0 Å². The quantitative estimate of drug-likeness (QED) is 0.407. The minimum absolute atomic E-state index is 0.0139. The van der Waals surface area contributed by atoms with E-state index < -0.39 is 35.2 Å². The van der Waals surface area contributed by atoms with Crippen molar-refractivity contribution in [1.29, 1.82) is 5.26 Å². The number of carbonyl (C=O) groups excluding carboxylic acids is 2. The van der Waals surface area contributed by atoms with Gasteiger partial charge in [0.25, 0.3) is 11.8 Å². The van der Waals surface area contributed by atoms with Crippen LogP contribution in [0.15, 0.2) is 29.9 Å². The Morgan fingerprint density at radius 2 is 1.95 bits per heavy atom. The summed E-state index contributed by atoms with van der Waals surface area (Å²) in [6, 6.07) is 7.37. The Labute approximate surface area is 249 Å². The number of rotatable bonds is 6. The van der Waals surface area contributed by atoms with E-state index in [0.29, 0.717) is 54.8 Å². The topological polar surface area (TPSA) is 120 Å².